The Balaban J connectivity index is 2.02. The number of carbonyl (C=O) groups excluding carboxylic acids is 2. The molecule has 0 saturated carbocycles. The Morgan fingerprint density at radius 1 is 0.342 bits per heavy atom. The molecule has 0 atom stereocenters. The Morgan fingerprint density at radius 2 is 0.513 bits per heavy atom. The Bertz CT molecular complexity index is 2670. The molecule has 0 bridgehead atoms. The summed E-state index contributed by atoms with van der Waals surface area (Å²) < 4.78 is 26.9. The van der Waals surface area contributed by atoms with E-state index in [1.807, 2.05) is 190 Å². The zero-order valence-electron chi connectivity index (χ0n) is 50.4. The van der Waals surface area contributed by atoms with Crippen molar-refractivity contribution in [3.8, 4) is 23.0 Å². The Morgan fingerprint density at radius 3 is 0.684 bits per heavy atom. The number of carbonyl (C=O) groups is 2. The van der Waals surface area contributed by atoms with E-state index in [-0.39, 0.29) is 34.5 Å². The summed E-state index contributed by atoms with van der Waals surface area (Å²) in [5.74, 6) is -1.36. The fourth-order valence-electron chi connectivity index (χ4n) is 8.87. The van der Waals surface area contributed by atoms with Gasteiger partial charge >= 0.3 is 8.25 Å². The van der Waals surface area contributed by atoms with Crippen LogP contribution in [0.15, 0.2) is 72.2 Å². The number of hydrogen-bond donors (Lipinski definition) is 4. The van der Waals surface area contributed by atoms with Crippen molar-refractivity contribution < 1.29 is 43.6 Å². The van der Waals surface area contributed by atoms with Gasteiger partial charge in [0.2, 0.25) is 11.6 Å². The van der Waals surface area contributed by atoms with Crippen LogP contribution in [0, 0.1) is 0 Å². The van der Waals surface area contributed by atoms with E-state index in [0.29, 0.717) is 66.8 Å². The van der Waals surface area contributed by atoms with Crippen molar-refractivity contribution in [1.82, 2.24) is 0 Å². The number of ketones is 2. The molecule has 0 aliphatic rings. The molecule has 0 saturated heterocycles. The largest absolute Gasteiger partial charge is 0.507 e. The highest BCUT2D eigenvalue weighted by Gasteiger charge is 2.31. The number of hydrogen-bond acceptors (Lipinski definition) is 9. The van der Waals surface area contributed by atoms with Crippen LogP contribution >= 0.6 is 8.25 Å². The number of allylic oxidation sites excluding steroid dienone is 2. The van der Waals surface area contributed by atoms with Crippen LogP contribution < -0.4 is 0 Å². The van der Waals surface area contributed by atoms with Gasteiger partial charge in [-0.2, -0.15) is 0 Å². The van der Waals surface area contributed by atoms with Gasteiger partial charge < -0.3 is 29.5 Å². The SMILES string of the molecule is CC(C)(C)c1cc(C=CC(=O)C(=Cc2cc(C(C)(C)C)c(O)c(C(C)(C)C)c2)O[PH](=O)OC(=Cc2cc(C(C)(C)C)c(O)c(C(C)(C)C)c2)C(=O)C=Cc2cc(C(C)(C)C)c(O)c(C(C)(C)C)c2)cc(C(C)(C)C)c1O. The lowest BCUT2D eigenvalue weighted by Gasteiger charge is -2.28. The first-order chi connectivity index (χ1) is 34.1. The molecular formula is C66H91O9P. The van der Waals surface area contributed by atoms with Crippen LogP contribution in [0.5, 0.6) is 23.0 Å². The third kappa shape index (κ3) is 15.7. The predicted octanol–water partition coefficient (Wildman–Crippen LogP) is 17.3. The van der Waals surface area contributed by atoms with E-state index in [9.17, 15) is 34.6 Å². The summed E-state index contributed by atoms with van der Waals surface area (Å²) in [6.07, 6.45) is 8.84. The molecule has 0 radical (unpaired) electrons. The van der Waals surface area contributed by atoms with E-state index in [4.69, 9.17) is 9.05 Å². The molecule has 76 heavy (non-hydrogen) atoms. The van der Waals surface area contributed by atoms with E-state index < -0.39 is 63.1 Å². The quantitative estimate of drug-likeness (QED) is 0.0618. The third-order valence-corrected chi connectivity index (χ3v) is 14.1. The summed E-state index contributed by atoms with van der Waals surface area (Å²) in [4.78, 5) is 29.4. The van der Waals surface area contributed by atoms with Crippen LogP contribution in [0.1, 0.15) is 233 Å². The molecule has 4 aromatic rings. The molecule has 4 N–H and O–H groups in total. The van der Waals surface area contributed by atoms with Gasteiger partial charge in [-0.05, 0) is 138 Å². The first-order valence-corrected chi connectivity index (χ1v) is 27.6. The van der Waals surface area contributed by atoms with Crippen molar-refractivity contribution >= 4 is 44.1 Å². The molecule has 0 fully saturated rings. The molecule has 4 rings (SSSR count). The first kappa shape index (κ1) is 62.7. The molecule has 0 amide bonds. The number of benzene rings is 4. The summed E-state index contributed by atoms with van der Waals surface area (Å²) in [6.45, 7) is 47.8. The first-order valence-electron chi connectivity index (χ1n) is 26.4. The Labute approximate surface area is 457 Å². The highest BCUT2D eigenvalue weighted by Crippen LogP contribution is 2.45. The molecule has 0 unspecified atom stereocenters. The number of aromatic hydroxyl groups is 4. The highest BCUT2D eigenvalue weighted by molar-refractivity contribution is 7.33. The molecule has 4 aromatic carbocycles. The maximum atomic E-state index is 14.7. The number of phenolic OH excluding ortho intramolecular Hbond substituents is 4. The predicted molar refractivity (Wildman–Crippen MR) is 317 cm³/mol. The van der Waals surface area contributed by atoms with E-state index >= 15 is 0 Å². The average molecular weight is 1060 g/mol. The van der Waals surface area contributed by atoms with Crippen molar-refractivity contribution in [2.24, 2.45) is 0 Å². The molecular weight excluding hydrogens is 968 g/mol. The minimum absolute atomic E-state index is 0.135. The lowest BCUT2D eigenvalue weighted by molar-refractivity contribution is -0.113. The summed E-state index contributed by atoms with van der Waals surface area (Å²) in [7, 11) is -3.82. The lowest BCUT2D eigenvalue weighted by atomic mass is 9.78. The van der Waals surface area contributed by atoms with Crippen molar-refractivity contribution in [2.75, 3.05) is 0 Å². The summed E-state index contributed by atoms with van der Waals surface area (Å²) in [5.41, 5.74) is 3.80. The van der Waals surface area contributed by atoms with Gasteiger partial charge in [-0.3, -0.25) is 9.59 Å². The van der Waals surface area contributed by atoms with Gasteiger partial charge in [0.1, 0.15) is 23.0 Å². The van der Waals surface area contributed by atoms with Crippen molar-refractivity contribution in [1.29, 1.82) is 0 Å². The summed E-state index contributed by atoms with van der Waals surface area (Å²) in [5, 5.41) is 46.1. The molecule has 0 aliphatic carbocycles. The minimum atomic E-state index is -3.82. The van der Waals surface area contributed by atoms with Gasteiger partial charge in [-0.15, -0.1) is 0 Å². The monoisotopic (exact) mass is 1060 g/mol. The van der Waals surface area contributed by atoms with Crippen LogP contribution in [-0.2, 0) is 66.5 Å². The van der Waals surface area contributed by atoms with E-state index in [0.717, 1.165) is 0 Å². The summed E-state index contributed by atoms with van der Waals surface area (Å²) >= 11 is 0. The van der Waals surface area contributed by atoms with Crippen molar-refractivity contribution in [2.45, 2.75) is 209 Å². The summed E-state index contributed by atoms with van der Waals surface area (Å²) in [6, 6.07) is 14.5. The highest BCUT2D eigenvalue weighted by atomic mass is 31.1. The second-order valence-electron chi connectivity index (χ2n) is 28.7. The maximum Gasteiger partial charge on any atom is 0.419 e. The second kappa shape index (κ2) is 21.9. The topological polar surface area (TPSA) is 151 Å². The van der Waals surface area contributed by atoms with Crippen LogP contribution in [0.3, 0.4) is 0 Å². The van der Waals surface area contributed by atoms with Crippen molar-refractivity contribution in [3.63, 3.8) is 0 Å². The fourth-order valence-corrected chi connectivity index (χ4v) is 9.59. The van der Waals surface area contributed by atoms with Gasteiger partial charge in [0.05, 0.1) is 0 Å². The molecule has 0 spiro atoms. The zero-order chi connectivity index (χ0) is 58.4. The molecule has 0 aromatic heterocycles. The number of phenols is 4. The minimum Gasteiger partial charge on any atom is -0.507 e. The van der Waals surface area contributed by atoms with Crippen LogP contribution in [0.25, 0.3) is 24.3 Å². The smallest absolute Gasteiger partial charge is 0.419 e. The van der Waals surface area contributed by atoms with Gasteiger partial charge in [0.25, 0.3) is 0 Å². The van der Waals surface area contributed by atoms with Crippen LogP contribution in [-0.4, -0.2) is 32.0 Å². The van der Waals surface area contributed by atoms with Gasteiger partial charge in [0.15, 0.2) is 11.5 Å². The fraction of sp³-hybridized carbons (Fsp3) is 0.485. The van der Waals surface area contributed by atoms with Gasteiger partial charge in [-0.25, -0.2) is 4.57 Å². The van der Waals surface area contributed by atoms with E-state index in [1.54, 1.807) is 36.4 Å². The van der Waals surface area contributed by atoms with Gasteiger partial charge in [0, 0.05) is 44.5 Å². The molecule has 10 heteroatoms. The van der Waals surface area contributed by atoms with Crippen LogP contribution in [0.4, 0.5) is 0 Å². The molecule has 9 nitrogen and oxygen atoms in total. The van der Waals surface area contributed by atoms with Crippen LogP contribution in [0.2, 0.25) is 0 Å². The van der Waals surface area contributed by atoms with E-state index in [1.165, 1.54) is 24.3 Å². The molecule has 0 heterocycles. The van der Waals surface area contributed by atoms with E-state index in [2.05, 4.69) is 0 Å². The molecule has 414 valence electrons. The maximum absolute atomic E-state index is 14.7. The standard InChI is InChI=1S/C66H91O9P/c1-59(2,3)43-29-39(30-44(55(43)69)60(4,5)6)25-27-51(67)53(37-41-33-47(63(13,14)15)57(71)48(34-41)64(16,17)18)74-76(73)75-54(38-42-35-49(65(19,20)21)58(72)50(36-42)66(22,23)24)52(68)28-26-40-31-45(61(7,8)9)56(70)46(32-40)62(10,11)12/h25-38,69-72,76H,1-24H3. The molecule has 0 aliphatic heterocycles. The number of rotatable bonds is 12. The average Bonchev–Trinajstić information content (AvgIpc) is 3.22. The van der Waals surface area contributed by atoms with Crippen molar-refractivity contribution in [3.05, 3.63) is 139 Å². The Hall–Kier alpha value is -5.79. The lowest BCUT2D eigenvalue weighted by Crippen LogP contribution is -2.17. The Kier molecular flexibility index (Phi) is 18.1. The second-order valence-corrected chi connectivity index (χ2v) is 29.6. The van der Waals surface area contributed by atoms with Gasteiger partial charge in [-0.1, -0.05) is 178 Å². The third-order valence-electron chi connectivity index (χ3n) is 13.3. The normalized spacial score (nSPS) is 14.4. The zero-order valence-corrected chi connectivity index (χ0v) is 51.4.